The predicted molar refractivity (Wildman–Crippen MR) is 123 cm³/mol. The summed E-state index contributed by atoms with van der Waals surface area (Å²) in [5.41, 5.74) is 8.70. The van der Waals surface area contributed by atoms with E-state index in [1.165, 1.54) is 45.9 Å². The van der Waals surface area contributed by atoms with E-state index >= 15 is 0 Å². The Morgan fingerprint density at radius 1 is 1.12 bits per heavy atom. The Balaban J connectivity index is 1.60. The number of piperidine rings is 2. The maximum Gasteiger partial charge on any atom is 0.357 e. The highest BCUT2D eigenvalue weighted by Crippen LogP contribution is 2.42. The fourth-order valence-corrected chi connectivity index (χ4v) is 5.00. The Morgan fingerprint density at radius 3 is 2.38 bits per heavy atom. The van der Waals surface area contributed by atoms with Gasteiger partial charge in [0, 0.05) is 31.0 Å². The number of nitrogen functional groups attached to an aromatic ring is 1. The molecule has 3 heterocycles. The third-order valence-electron chi connectivity index (χ3n) is 7.20. The van der Waals surface area contributed by atoms with Crippen molar-refractivity contribution in [1.29, 1.82) is 5.26 Å². The van der Waals surface area contributed by atoms with Crippen LogP contribution in [-0.4, -0.2) is 62.9 Å². The molecule has 2 N–H and O–H groups in total. The molecule has 32 heavy (non-hydrogen) atoms. The van der Waals surface area contributed by atoms with Crippen molar-refractivity contribution in [2.24, 2.45) is 5.41 Å². The fraction of sp³-hybridized carbons (Fsp3) is 0.500. The van der Waals surface area contributed by atoms with Crippen molar-refractivity contribution in [2.45, 2.75) is 25.7 Å². The van der Waals surface area contributed by atoms with Gasteiger partial charge in [-0.3, -0.25) is 0 Å². The van der Waals surface area contributed by atoms with E-state index in [-0.39, 0.29) is 16.9 Å². The highest BCUT2D eigenvalue weighted by molar-refractivity contribution is 5.96. The summed E-state index contributed by atoms with van der Waals surface area (Å²) in [5, 5.41) is 9.38. The van der Waals surface area contributed by atoms with Gasteiger partial charge in [-0.15, -0.1) is 0 Å². The monoisotopic (exact) mass is 437 g/mol. The van der Waals surface area contributed by atoms with Crippen LogP contribution in [0.4, 0.5) is 11.4 Å². The Morgan fingerprint density at radius 2 is 1.78 bits per heavy atom. The Hall–Kier alpha value is -3.18. The van der Waals surface area contributed by atoms with Gasteiger partial charge >= 0.3 is 5.97 Å². The first-order valence-electron chi connectivity index (χ1n) is 11.0. The molecule has 2 aliphatic rings. The smallest absolute Gasteiger partial charge is 0.357 e. The standard InChI is InChI=1S/C24H31N5O3/c1-27-10-6-24(7-11-27)8-12-28(13-9-24)18-4-5-19(20(14-18)31-2)29-16-17(15-25)21(26)22(29)23(30)32-3/h4-5,14,16H,6-13,26H2,1-3H3. The van der Waals surface area contributed by atoms with Gasteiger partial charge in [0.15, 0.2) is 5.69 Å². The second kappa shape index (κ2) is 8.75. The Bertz CT molecular complexity index is 1040. The lowest BCUT2D eigenvalue weighted by Crippen LogP contribution is -2.46. The molecule has 0 aliphatic carbocycles. The number of rotatable bonds is 4. The van der Waals surface area contributed by atoms with Gasteiger partial charge in [0.2, 0.25) is 0 Å². The molecule has 8 heteroatoms. The largest absolute Gasteiger partial charge is 0.494 e. The zero-order chi connectivity index (χ0) is 22.9. The predicted octanol–water partition coefficient (Wildman–Crippen LogP) is 3.04. The number of nitrogens with zero attached hydrogens (tertiary/aromatic N) is 4. The number of ether oxygens (including phenoxy) is 2. The summed E-state index contributed by atoms with van der Waals surface area (Å²) in [6.07, 6.45) is 6.52. The number of nitriles is 1. The molecule has 2 aromatic rings. The second-order valence-electron chi connectivity index (χ2n) is 8.92. The minimum absolute atomic E-state index is 0.102. The summed E-state index contributed by atoms with van der Waals surface area (Å²) < 4.78 is 12.1. The van der Waals surface area contributed by atoms with Gasteiger partial charge in [0.05, 0.1) is 31.2 Å². The van der Waals surface area contributed by atoms with E-state index in [0.29, 0.717) is 16.9 Å². The van der Waals surface area contributed by atoms with E-state index in [9.17, 15) is 10.1 Å². The molecule has 2 saturated heterocycles. The van der Waals surface area contributed by atoms with E-state index in [4.69, 9.17) is 15.2 Å². The molecule has 2 aliphatic heterocycles. The minimum Gasteiger partial charge on any atom is -0.494 e. The molecule has 0 radical (unpaired) electrons. The van der Waals surface area contributed by atoms with Crippen LogP contribution in [0.3, 0.4) is 0 Å². The number of anilines is 2. The molecule has 2 fully saturated rings. The van der Waals surface area contributed by atoms with Gasteiger partial charge in [-0.1, -0.05) is 0 Å². The number of benzene rings is 1. The average Bonchev–Trinajstić information content (AvgIpc) is 3.16. The van der Waals surface area contributed by atoms with Crippen LogP contribution in [-0.2, 0) is 4.74 Å². The SMILES string of the molecule is COC(=O)c1c(N)c(C#N)cn1-c1ccc(N2CCC3(CCN(C)CC3)CC2)cc1OC. The molecule has 1 spiro atoms. The van der Waals surface area contributed by atoms with Gasteiger partial charge in [-0.2, -0.15) is 5.26 Å². The van der Waals surface area contributed by atoms with Crippen LogP contribution in [0.5, 0.6) is 5.75 Å². The molecule has 0 unspecified atom stereocenters. The van der Waals surface area contributed by atoms with E-state index in [2.05, 4.69) is 16.8 Å². The second-order valence-corrected chi connectivity index (χ2v) is 8.92. The highest BCUT2D eigenvalue weighted by Gasteiger charge is 2.37. The van der Waals surface area contributed by atoms with Crippen molar-refractivity contribution in [3.8, 4) is 17.5 Å². The quantitative estimate of drug-likeness (QED) is 0.734. The maximum absolute atomic E-state index is 12.4. The van der Waals surface area contributed by atoms with E-state index < -0.39 is 5.97 Å². The van der Waals surface area contributed by atoms with Crippen molar-refractivity contribution in [3.63, 3.8) is 0 Å². The van der Waals surface area contributed by atoms with Gasteiger partial charge in [0.1, 0.15) is 11.8 Å². The molecule has 1 aromatic heterocycles. The molecule has 0 saturated carbocycles. The number of aromatic nitrogens is 1. The maximum atomic E-state index is 12.4. The van der Waals surface area contributed by atoms with Gasteiger partial charge in [-0.25, -0.2) is 4.79 Å². The number of hydrogen-bond acceptors (Lipinski definition) is 7. The van der Waals surface area contributed by atoms with Crippen molar-refractivity contribution in [2.75, 3.05) is 58.1 Å². The normalized spacial score (nSPS) is 18.4. The molecular formula is C24H31N5O3. The van der Waals surface area contributed by atoms with Crippen LogP contribution in [0.1, 0.15) is 41.7 Å². The van der Waals surface area contributed by atoms with E-state index in [1.807, 2.05) is 24.3 Å². The first kappa shape index (κ1) is 22.0. The van der Waals surface area contributed by atoms with Gasteiger partial charge in [0.25, 0.3) is 0 Å². The fourth-order valence-electron chi connectivity index (χ4n) is 5.00. The summed E-state index contributed by atoms with van der Waals surface area (Å²) in [7, 11) is 5.10. The molecule has 0 amide bonds. The van der Waals surface area contributed by atoms with Crippen molar-refractivity contribution < 1.29 is 14.3 Å². The van der Waals surface area contributed by atoms with Crippen LogP contribution in [0.15, 0.2) is 24.4 Å². The molecule has 1 aromatic carbocycles. The van der Waals surface area contributed by atoms with E-state index in [0.717, 1.165) is 18.8 Å². The molecular weight excluding hydrogens is 406 g/mol. The van der Waals surface area contributed by atoms with Gasteiger partial charge in [-0.05, 0) is 63.4 Å². The van der Waals surface area contributed by atoms with Crippen molar-refractivity contribution in [1.82, 2.24) is 9.47 Å². The molecule has 0 atom stereocenters. The van der Waals surface area contributed by atoms with Crippen LogP contribution >= 0.6 is 0 Å². The number of methoxy groups -OCH3 is 2. The lowest BCUT2D eigenvalue weighted by atomic mass is 9.71. The summed E-state index contributed by atoms with van der Waals surface area (Å²) in [6.45, 7) is 4.43. The van der Waals surface area contributed by atoms with Crippen LogP contribution in [0.2, 0.25) is 0 Å². The van der Waals surface area contributed by atoms with Crippen molar-refractivity contribution in [3.05, 3.63) is 35.7 Å². The summed E-state index contributed by atoms with van der Waals surface area (Å²) in [5.74, 6) is 0.00121. The average molecular weight is 438 g/mol. The van der Waals surface area contributed by atoms with Crippen LogP contribution in [0, 0.1) is 16.7 Å². The zero-order valence-corrected chi connectivity index (χ0v) is 19.1. The molecule has 4 rings (SSSR count). The van der Waals surface area contributed by atoms with E-state index in [1.54, 1.807) is 17.9 Å². The third-order valence-corrected chi connectivity index (χ3v) is 7.20. The highest BCUT2D eigenvalue weighted by atomic mass is 16.5. The number of carbonyl (C=O) groups is 1. The number of carbonyl (C=O) groups excluding carboxylic acids is 1. The van der Waals surface area contributed by atoms with Crippen molar-refractivity contribution >= 4 is 17.3 Å². The Kier molecular flexibility index (Phi) is 6.02. The minimum atomic E-state index is -0.602. The van der Waals surface area contributed by atoms with Crippen LogP contribution in [0.25, 0.3) is 5.69 Å². The summed E-state index contributed by atoms with van der Waals surface area (Å²) in [4.78, 5) is 17.2. The molecule has 8 nitrogen and oxygen atoms in total. The lowest BCUT2D eigenvalue weighted by molar-refractivity contribution is 0.0593. The van der Waals surface area contributed by atoms with Gasteiger partial charge < -0.3 is 29.6 Å². The third kappa shape index (κ3) is 3.89. The number of hydrogen-bond donors (Lipinski definition) is 1. The number of nitrogens with two attached hydrogens (primary N) is 1. The Labute approximate surface area is 189 Å². The molecule has 170 valence electrons. The first-order valence-corrected chi connectivity index (χ1v) is 11.0. The first-order chi connectivity index (χ1) is 15.4. The molecule has 0 bridgehead atoms. The topological polar surface area (TPSA) is 96.7 Å². The summed E-state index contributed by atoms with van der Waals surface area (Å²) >= 11 is 0. The zero-order valence-electron chi connectivity index (χ0n) is 19.1. The number of esters is 1. The lowest BCUT2D eigenvalue weighted by Gasteiger charge is -2.47. The number of likely N-dealkylation sites (tertiary alicyclic amines) is 1. The summed E-state index contributed by atoms with van der Waals surface area (Å²) in [6, 6.07) is 7.96. The van der Waals surface area contributed by atoms with Crippen LogP contribution < -0.4 is 15.4 Å².